The number of hydrogen-bond acceptors (Lipinski definition) is 4. The van der Waals surface area contributed by atoms with Crippen LogP contribution in [0.4, 0.5) is 5.69 Å². The molecule has 0 spiro atoms. The number of sulfonamides is 1. The van der Waals surface area contributed by atoms with Crippen LogP contribution >= 0.6 is 0 Å². The van der Waals surface area contributed by atoms with Gasteiger partial charge in [0.2, 0.25) is 5.91 Å². The van der Waals surface area contributed by atoms with Gasteiger partial charge >= 0.3 is 0 Å². The fourth-order valence-electron chi connectivity index (χ4n) is 3.60. The monoisotopic (exact) mass is 376 g/mol. The number of primary amides is 1. The van der Waals surface area contributed by atoms with Crippen molar-refractivity contribution in [3.63, 3.8) is 0 Å². The summed E-state index contributed by atoms with van der Waals surface area (Å²) in [6.07, 6.45) is 1.51. The van der Waals surface area contributed by atoms with Crippen molar-refractivity contribution in [3.05, 3.63) is 41.2 Å². The number of hydrogen-bond donors (Lipinski definition) is 1. The van der Waals surface area contributed by atoms with Gasteiger partial charge in [-0.2, -0.15) is 5.10 Å². The zero-order valence-corrected chi connectivity index (χ0v) is 16.1. The van der Waals surface area contributed by atoms with E-state index in [-0.39, 0.29) is 11.4 Å². The molecule has 1 aromatic carbocycles. The van der Waals surface area contributed by atoms with Gasteiger partial charge in [-0.15, -0.1) is 0 Å². The molecule has 1 aliphatic rings. The molecule has 0 fully saturated rings. The molecule has 2 aromatic rings. The maximum atomic E-state index is 13.6. The highest BCUT2D eigenvalue weighted by atomic mass is 32.2. The van der Waals surface area contributed by atoms with E-state index in [4.69, 9.17) is 5.73 Å². The van der Waals surface area contributed by atoms with Crippen LogP contribution in [-0.2, 0) is 41.1 Å². The van der Waals surface area contributed by atoms with Crippen molar-refractivity contribution in [2.75, 3.05) is 10.8 Å². The van der Waals surface area contributed by atoms with E-state index in [2.05, 4.69) is 5.10 Å². The highest BCUT2D eigenvalue weighted by Gasteiger charge is 2.38. The lowest BCUT2D eigenvalue weighted by Gasteiger charge is -2.34. The van der Waals surface area contributed by atoms with Crippen molar-refractivity contribution >= 4 is 21.6 Å². The quantitative estimate of drug-likeness (QED) is 0.853. The Bertz CT molecular complexity index is 949. The minimum absolute atomic E-state index is 0.0515. The summed E-state index contributed by atoms with van der Waals surface area (Å²) >= 11 is 0. The van der Waals surface area contributed by atoms with Crippen LogP contribution in [0.5, 0.6) is 0 Å². The van der Waals surface area contributed by atoms with Crippen molar-refractivity contribution in [3.8, 4) is 0 Å². The molecule has 2 heterocycles. The molecule has 1 amide bonds. The number of carbonyl (C=O) groups excluding carboxylic acids is 1. The maximum Gasteiger partial charge on any atom is 0.268 e. The van der Waals surface area contributed by atoms with Gasteiger partial charge in [0.05, 0.1) is 23.0 Å². The summed E-state index contributed by atoms with van der Waals surface area (Å²) in [6.45, 7) is 3.85. The summed E-state index contributed by atoms with van der Waals surface area (Å²) in [6, 6.07) is 7.26. The zero-order chi connectivity index (χ0) is 19.1. The van der Waals surface area contributed by atoms with E-state index in [9.17, 15) is 13.2 Å². The Morgan fingerprint density at radius 3 is 2.58 bits per heavy atom. The first-order chi connectivity index (χ1) is 12.3. The number of para-hydroxylation sites is 1. The maximum absolute atomic E-state index is 13.6. The first-order valence-corrected chi connectivity index (χ1v) is 10.2. The van der Waals surface area contributed by atoms with Crippen molar-refractivity contribution in [1.29, 1.82) is 0 Å². The summed E-state index contributed by atoms with van der Waals surface area (Å²) < 4.78 is 30.2. The molecular weight excluding hydrogens is 352 g/mol. The number of fused-ring (bicyclic) bond motifs is 1. The first kappa shape index (κ1) is 18.4. The van der Waals surface area contributed by atoms with Crippen LogP contribution in [0.15, 0.2) is 29.2 Å². The highest BCUT2D eigenvalue weighted by Crippen LogP contribution is 2.36. The summed E-state index contributed by atoms with van der Waals surface area (Å²) in [7, 11) is -2.11. The van der Waals surface area contributed by atoms with E-state index in [0.717, 1.165) is 5.56 Å². The number of benzene rings is 1. The third-order valence-corrected chi connectivity index (χ3v) is 6.83. The Hall–Kier alpha value is -2.35. The Morgan fingerprint density at radius 1 is 1.27 bits per heavy atom. The molecule has 0 saturated heterocycles. The minimum atomic E-state index is -3.86. The van der Waals surface area contributed by atoms with Crippen LogP contribution < -0.4 is 10.0 Å². The average Bonchev–Trinajstić information content (AvgIpc) is 2.96. The second kappa shape index (κ2) is 6.75. The average molecular weight is 376 g/mol. The molecule has 1 atom stereocenters. The minimum Gasteiger partial charge on any atom is -0.369 e. The lowest BCUT2D eigenvalue weighted by Crippen LogP contribution is -2.44. The fraction of sp³-hybridized carbons (Fsp3) is 0.444. The Labute approximate surface area is 153 Å². The van der Waals surface area contributed by atoms with E-state index in [1.54, 1.807) is 23.9 Å². The zero-order valence-electron chi connectivity index (χ0n) is 15.3. The second-order valence-electron chi connectivity index (χ2n) is 6.52. The third kappa shape index (κ3) is 2.88. The van der Waals surface area contributed by atoms with Crippen LogP contribution in [0.3, 0.4) is 0 Å². The summed E-state index contributed by atoms with van der Waals surface area (Å²) in [5.41, 5.74) is 8.14. The van der Waals surface area contributed by atoms with Gasteiger partial charge in [0.25, 0.3) is 10.0 Å². The molecule has 1 aliphatic heterocycles. The number of aromatic nitrogens is 2. The van der Waals surface area contributed by atoms with E-state index >= 15 is 0 Å². The molecule has 0 aliphatic carbocycles. The molecule has 0 saturated carbocycles. The van der Waals surface area contributed by atoms with Crippen LogP contribution in [0, 0.1) is 5.92 Å². The highest BCUT2D eigenvalue weighted by molar-refractivity contribution is 7.93. The summed E-state index contributed by atoms with van der Waals surface area (Å²) in [4.78, 5) is 12.1. The molecule has 7 nitrogen and oxygen atoms in total. The number of carbonyl (C=O) groups is 1. The number of amides is 1. The molecular formula is C18H24N4O3S. The van der Waals surface area contributed by atoms with Gasteiger partial charge < -0.3 is 5.73 Å². The number of rotatable bonds is 5. The summed E-state index contributed by atoms with van der Waals surface area (Å²) in [5, 5.41) is 4.39. The van der Waals surface area contributed by atoms with Crippen LogP contribution in [-0.4, -0.2) is 30.7 Å². The normalized spacial score (nSPS) is 17.2. The molecule has 2 N–H and O–H groups in total. The van der Waals surface area contributed by atoms with Gasteiger partial charge in [0, 0.05) is 13.6 Å². The first-order valence-electron chi connectivity index (χ1n) is 8.75. The largest absolute Gasteiger partial charge is 0.369 e. The molecule has 3 rings (SSSR count). The van der Waals surface area contributed by atoms with E-state index in [1.807, 2.05) is 26.0 Å². The van der Waals surface area contributed by atoms with Crippen LogP contribution in [0.25, 0.3) is 0 Å². The van der Waals surface area contributed by atoms with Gasteiger partial charge in [-0.05, 0) is 30.9 Å². The number of nitrogens with two attached hydrogens (primary N) is 1. The number of nitrogens with zero attached hydrogens (tertiary/aromatic N) is 3. The van der Waals surface area contributed by atoms with Crippen molar-refractivity contribution in [2.24, 2.45) is 18.7 Å². The topological polar surface area (TPSA) is 98.3 Å². The van der Waals surface area contributed by atoms with Gasteiger partial charge in [-0.3, -0.25) is 13.8 Å². The molecule has 8 heteroatoms. The van der Waals surface area contributed by atoms with E-state index < -0.39 is 21.8 Å². The van der Waals surface area contributed by atoms with Crippen molar-refractivity contribution < 1.29 is 13.2 Å². The smallest absolute Gasteiger partial charge is 0.268 e. The predicted octanol–water partition coefficient (Wildman–Crippen LogP) is 1.40. The third-order valence-electron chi connectivity index (χ3n) is 4.92. The molecule has 26 heavy (non-hydrogen) atoms. The Balaban J connectivity index is 2.20. The van der Waals surface area contributed by atoms with Crippen molar-refractivity contribution in [1.82, 2.24) is 9.78 Å². The molecule has 140 valence electrons. The van der Waals surface area contributed by atoms with Gasteiger partial charge in [0.15, 0.2) is 0 Å². The van der Waals surface area contributed by atoms with Crippen LogP contribution in [0.1, 0.15) is 30.8 Å². The Morgan fingerprint density at radius 2 is 1.96 bits per heavy atom. The number of anilines is 1. The molecule has 0 bridgehead atoms. The standard InChI is InChI=1S/C18H24N4O3S/c1-4-14-17(15(5-2)21(3)20-14)26(24,25)22-11-13(18(19)23)10-12-8-6-7-9-16(12)22/h6-9,13H,4-5,10-11H2,1-3H3,(H2,19,23). The van der Waals surface area contributed by atoms with Crippen molar-refractivity contribution in [2.45, 2.75) is 38.0 Å². The Kier molecular flexibility index (Phi) is 4.79. The van der Waals surface area contributed by atoms with E-state index in [1.165, 1.54) is 4.31 Å². The number of aryl methyl sites for hydroxylation is 2. The summed E-state index contributed by atoms with van der Waals surface area (Å²) in [5.74, 6) is -1.04. The lowest BCUT2D eigenvalue weighted by atomic mass is 9.93. The lowest BCUT2D eigenvalue weighted by molar-refractivity contribution is -0.121. The fourth-order valence-corrected chi connectivity index (χ4v) is 5.69. The van der Waals surface area contributed by atoms with Gasteiger partial charge in [0.1, 0.15) is 4.90 Å². The predicted molar refractivity (Wildman–Crippen MR) is 99.3 cm³/mol. The molecule has 1 aromatic heterocycles. The molecule has 0 radical (unpaired) electrons. The van der Waals surface area contributed by atoms with Gasteiger partial charge in [-0.25, -0.2) is 8.42 Å². The SMILES string of the molecule is CCc1nn(C)c(CC)c1S(=O)(=O)N1CC(C(N)=O)Cc2ccccc21. The van der Waals surface area contributed by atoms with Crippen LogP contribution in [0.2, 0.25) is 0 Å². The second-order valence-corrected chi connectivity index (χ2v) is 8.32. The van der Waals surface area contributed by atoms with Gasteiger partial charge in [-0.1, -0.05) is 32.0 Å². The molecule has 1 unspecified atom stereocenters. The van der Waals surface area contributed by atoms with E-state index in [0.29, 0.717) is 36.3 Å².